The van der Waals surface area contributed by atoms with E-state index in [0.29, 0.717) is 12.1 Å². The first-order valence-electron chi connectivity index (χ1n) is 8.75. The highest BCUT2D eigenvalue weighted by atomic mass is 16.5. The summed E-state index contributed by atoms with van der Waals surface area (Å²) in [5.74, 6) is 0.772. The maximum Gasteiger partial charge on any atom is 0.254 e. The average molecular weight is 342 g/mol. The molecule has 0 saturated carbocycles. The third-order valence-electron chi connectivity index (χ3n) is 5.00. The molecule has 1 unspecified atom stereocenters. The van der Waals surface area contributed by atoms with Gasteiger partial charge in [-0.3, -0.25) is 14.4 Å². The molecule has 1 aromatic carbocycles. The van der Waals surface area contributed by atoms with Gasteiger partial charge in [0.2, 0.25) is 0 Å². The van der Waals surface area contributed by atoms with Crippen molar-refractivity contribution >= 4 is 5.91 Å². The van der Waals surface area contributed by atoms with Crippen LogP contribution >= 0.6 is 0 Å². The summed E-state index contributed by atoms with van der Waals surface area (Å²) < 4.78 is 7.08. The highest BCUT2D eigenvalue weighted by Crippen LogP contribution is 2.27. The summed E-state index contributed by atoms with van der Waals surface area (Å²) in [4.78, 5) is 15.0. The van der Waals surface area contributed by atoms with Gasteiger partial charge in [0.15, 0.2) is 0 Å². The Balaban J connectivity index is 1.76. The highest BCUT2D eigenvalue weighted by molar-refractivity contribution is 5.95. The Morgan fingerprint density at radius 3 is 2.76 bits per heavy atom. The first kappa shape index (κ1) is 17.5. The third kappa shape index (κ3) is 3.85. The smallest absolute Gasteiger partial charge is 0.254 e. The maximum atomic E-state index is 12.5. The fourth-order valence-corrected chi connectivity index (χ4v) is 3.37. The Hall–Kier alpha value is -2.34. The van der Waals surface area contributed by atoms with Crippen LogP contribution in [0.25, 0.3) is 0 Å². The number of carbonyl (C=O) groups is 1. The van der Waals surface area contributed by atoms with Crippen molar-refractivity contribution in [2.24, 2.45) is 7.05 Å². The van der Waals surface area contributed by atoms with E-state index in [4.69, 9.17) is 4.74 Å². The first-order chi connectivity index (χ1) is 12.1. The molecule has 1 amide bonds. The number of nitrogens with zero attached hydrogens (tertiary/aromatic N) is 3. The average Bonchev–Trinajstić information content (AvgIpc) is 3.26. The fraction of sp³-hybridized carbons (Fsp3) is 0.474. The summed E-state index contributed by atoms with van der Waals surface area (Å²) in [6.45, 7) is 4.59. The van der Waals surface area contributed by atoms with Crippen LogP contribution in [0.4, 0.5) is 0 Å². The van der Waals surface area contributed by atoms with E-state index in [2.05, 4.69) is 27.4 Å². The zero-order valence-corrected chi connectivity index (χ0v) is 15.2. The van der Waals surface area contributed by atoms with Gasteiger partial charge in [-0.25, -0.2) is 0 Å². The number of hydrogen-bond acceptors (Lipinski definition) is 4. The molecule has 3 rings (SSSR count). The molecule has 0 radical (unpaired) electrons. The van der Waals surface area contributed by atoms with Gasteiger partial charge in [-0.1, -0.05) is 12.1 Å². The predicted molar refractivity (Wildman–Crippen MR) is 96.8 cm³/mol. The van der Waals surface area contributed by atoms with Crippen LogP contribution in [-0.2, 0) is 7.05 Å². The zero-order valence-electron chi connectivity index (χ0n) is 15.2. The fourth-order valence-electron chi connectivity index (χ4n) is 3.37. The molecule has 1 saturated heterocycles. The Labute approximate surface area is 148 Å². The maximum absolute atomic E-state index is 12.5. The quantitative estimate of drug-likeness (QED) is 0.875. The van der Waals surface area contributed by atoms with Crippen molar-refractivity contribution in [2.45, 2.75) is 25.8 Å². The second-order valence-corrected chi connectivity index (χ2v) is 6.51. The third-order valence-corrected chi connectivity index (χ3v) is 5.00. The van der Waals surface area contributed by atoms with Crippen molar-refractivity contribution in [1.29, 1.82) is 0 Å². The van der Waals surface area contributed by atoms with Crippen LogP contribution in [0.2, 0.25) is 0 Å². The number of aryl methyl sites for hydroxylation is 1. The van der Waals surface area contributed by atoms with E-state index >= 15 is 0 Å². The van der Waals surface area contributed by atoms with Crippen LogP contribution in [0.3, 0.4) is 0 Å². The number of aromatic nitrogens is 2. The van der Waals surface area contributed by atoms with E-state index in [1.54, 1.807) is 18.0 Å². The molecule has 1 aliphatic heterocycles. The van der Waals surface area contributed by atoms with Gasteiger partial charge in [0, 0.05) is 19.3 Å². The molecular weight excluding hydrogens is 316 g/mol. The van der Waals surface area contributed by atoms with Gasteiger partial charge in [0.1, 0.15) is 5.75 Å². The number of carbonyl (C=O) groups excluding carboxylic acids is 1. The Bertz CT molecular complexity index is 735. The van der Waals surface area contributed by atoms with Gasteiger partial charge in [-0.2, -0.15) is 5.10 Å². The van der Waals surface area contributed by atoms with Crippen LogP contribution in [0, 0.1) is 6.92 Å². The number of methoxy groups -OCH3 is 1. The van der Waals surface area contributed by atoms with E-state index in [-0.39, 0.29) is 11.9 Å². The molecule has 0 aliphatic carbocycles. The van der Waals surface area contributed by atoms with Crippen molar-refractivity contribution in [3.63, 3.8) is 0 Å². The minimum Gasteiger partial charge on any atom is -0.497 e. The molecule has 1 aliphatic rings. The summed E-state index contributed by atoms with van der Waals surface area (Å²) in [6.07, 6.45) is 4.04. The Morgan fingerprint density at radius 2 is 2.12 bits per heavy atom. The van der Waals surface area contributed by atoms with Crippen molar-refractivity contribution in [1.82, 2.24) is 20.0 Å². The lowest BCUT2D eigenvalue weighted by atomic mass is 10.0. The van der Waals surface area contributed by atoms with Crippen molar-refractivity contribution < 1.29 is 9.53 Å². The summed E-state index contributed by atoms with van der Waals surface area (Å²) in [5, 5.41) is 7.24. The predicted octanol–water partition coefficient (Wildman–Crippen LogP) is 2.30. The van der Waals surface area contributed by atoms with Gasteiger partial charge in [-0.15, -0.1) is 0 Å². The molecule has 1 aromatic heterocycles. The van der Waals surface area contributed by atoms with Crippen molar-refractivity contribution in [3.8, 4) is 5.75 Å². The molecule has 2 aromatic rings. The molecule has 6 heteroatoms. The van der Waals surface area contributed by atoms with E-state index in [9.17, 15) is 4.79 Å². The SMILES string of the molecule is COc1cccc(C(CNC(=O)c2cnn(C)c2C)N2CCCC2)c1. The van der Waals surface area contributed by atoms with Crippen LogP contribution in [-0.4, -0.2) is 47.3 Å². The van der Waals surface area contributed by atoms with Gasteiger partial charge in [-0.05, 0) is 50.6 Å². The second-order valence-electron chi connectivity index (χ2n) is 6.51. The molecule has 6 nitrogen and oxygen atoms in total. The van der Waals surface area contributed by atoms with E-state index in [1.807, 2.05) is 26.1 Å². The Morgan fingerprint density at radius 1 is 1.36 bits per heavy atom. The van der Waals surface area contributed by atoms with Gasteiger partial charge in [0.05, 0.1) is 24.9 Å². The van der Waals surface area contributed by atoms with Crippen LogP contribution < -0.4 is 10.1 Å². The molecule has 1 atom stereocenters. The van der Waals surface area contributed by atoms with Crippen molar-refractivity contribution in [3.05, 3.63) is 47.3 Å². The van der Waals surface area contributed by atoms with Crippen LogP contribution in [0.15, 0.2) is 30.5 Å². The Kier molecular flexibility index (Phi) is 5.38. The molecule has 0 spiro atoms. The molecule has 0 bridgehead atoms. The first-order valence-corrected chi connectivity index (χ1v) is 8.75. The van der Waals surface area contributed by atoms with E-state index < -0.39 is 0 Å². The monoisotopic (exact) mass is 342 g/mol. The lowest BCUT2D eigenvalue weighted by Crippen LogP contribution is -2.37. The number of nitrogens with one attached hydrogen (secondary N) is 1. The van der Waals surface area contributed by atoms with Gasteiger partial charge >= 0.3 is 0 Å². The minimum absolute atomic E-state index is 0.0716. The normalized spacial score (nSPS) is 16.0. The number of likely N-dealkylation sites (tertiary alicyclic amines) is 1. The van der Waals surface area contributed by atoms with Gasteiger partial charge < -0.3 is 10.1 Å². The summed E-state index contributed by atoms with van der Waals surface area (Å²) in [5.41, 5.74) is 2.68. The summed E-state index contributed by atoms with van der Waals surface area (Å²) in [6, 6.07) is 8.27. The lowest BCUT2D eigenvalue weighted by Gasteiger charge is -2.28. The number of ether oxygens (including phenoxy) is 1. The lowest BCUT2D eigenvalue weighted by molar-refractivity contribution is 0.0937. The number of rotatable bonds is 6. The highest BCUT2D eigenvalue weighted by Gasteiger charge is 2.25. The van der Waals surface area contributed by atoms with E-state index in [0.717, 1.165) is 24.5 Å². The molecular formula is C19H26N4O2. The second kappa shape index (κ2) is 7.70. The van der Waals surface area contributed by atoms with E-state index in [1.165, 1.54) is 18.4 Å². The minimum atomic E-state index is -0.0716. The summed E-state index contributed by atoms with van der Waals surface area (Å²) >= 11 is 0. The van der Waals surface area contributed by atoms with Crippen molar-refractivity contribution in [2.75, 3.05) is 26.7 Å². The standard InChI is InChI=1S/C19H26N4O2/c1-14-17(12-21-22(14)2)19(24)20-13-18(23-9-4-5-10-23)15-7-6-8-16(11-15)25-3/h6-8,11-12,18H,4-5,9-10,13H2,1-3H3,(H,20,24). The molecule has 1 N–H and O–H groups in total. The molecule has 134 valence electrons. The molecule has 1 fully saturated rings. The number of amides is 1. The van der Waals surface area contributed by atoms with Crippen LogP contribution in [0.1, 0.15) is 40.5 Å². The molecule has 25 heavy (non-hydrogen) atoms. The number of benzene rings is 1. The zero-order chi connectivity index (χ0) is 17.8. The van der Waals surface area contributed by atoms with Crippen LogP contribution in [0.5, 0.6) is 5.75 Å². The molecule has 2 heterocycles. The number of hydrogen-bond donors (Lipinski definition) is 1. The summed E-state index contributed by atoms with van der Waals surface area (Å²) in [7, 11) is 3.52. The topological polar surface area (TPSA) is 59.4 Å². The largest absolute Gasteiger partial charge is 0.497 e. The van der Waals surface area contributed by atoms with Gasteiger partial charge in [0.25, 0.3) is 5.91 Å².